The van der Waals surface area contributed by atoms with E-state index in [1.807, 2.05) is 37.3 Å². The summed E-state index contributed by atoms with van der Waals surface area (Å²) in [6, 6.07) is 22.9. The number of nitrogens with zero attached hydrogens (tertiary/aromatic N) is 1. The van der Waals surface area contributed by atoms with E-state index in [0.717, 1.165) is 10.8 Å². The van der Waals surface area contributed by atoms with E-state index in [1.54, 1.807) is 36.4 Å². The topological polar surface area (TPSA) is 69.2 Å². The standard InChI is InChI=1S/C28H25FN2O4/c1-3-34-27-14-19(11-12-25(27)35-18-20-7-6-10-23(29)13-20)17-30-31-28(32)24-15-21-8-4-5-9-22(21)16-26(24)33-2/h4-17H,3,18H2,1-2H3,(H,31,32)/b30-17-. The first kappa shape index (κ1) is 23.8. The van der Waals surface area contributed by atoms with Crippen LogP contribution in [0.1, 0.15) is 28.4 Å². The summed E-state index contributed by atoms with van der Waals surface area (Å²) in [5.41, 5.74) is 4.35. The molecule has 178 valence electrons. The number of hydrogen-bond acceptors (Lipinski definition) is 5. The number of amides is 1. The Hall–Kier alpha value is -4.39. The van der Waals surface area contributed by atoms with Crippen LogP contribution in [0.25, 0.3) is 10.8 Å². The highest BCUT2D eigenvalue weighted by Gasteiger charge is 2.13. The largest absolute Gasteiger partial charge is 0.496 e. The molecule has 0 radical (unpaired) electrons. The lowest BCUT2D eigenvalue weighted by molar-refractivity contribution is 0.0952. The van der Waals surface area contributed by atoms with Crippen molar-refractivity contribution in [2.45, 2.75) is 13.5 Å². The Balaban J connectivity index is 1.46. The van der Waals surface area contributed by atoms with Gasteiger partial charge in [0.05, 0.1) is 25.5 Å². The summed E-state index contributed by atoms with van der Waals surface area (Å²) in [6.07, 6.45) is 1.52. The van der Waals surface area contributed by atoms with Crippen LogP contribution in [-0.4, -0.2) is 25.8 Å². The van der Waals surface area contributed by atoms with E-state index in [2.05, 4.69) is 10.5 Å². The molecule has 0 fully saturated rings. The number of ether oxygens (including phenoxy) is 3. The fraction of sp³-hybridized carbons (Fsp3) is 0.143. The maximum absolute atomic E-state index is 13.4. The van der Waals surface area contributed by atoms with Gasteiger partial charge in [-0.15, -0.1) is 0 Å². The van der Waals surface area contributed by atoms with Gasteiger partial charge < -0.3 is 14.2 Å². The second kappa shape index (κ2) is 11.2. The summed E-state index contributed by atoms with van der Waals surface area (Å²) >= 11 is 0. The van der Waals surface area contributed by atoms with Gasteiger partial charge in [-0.1, -0.05) is 36.4 Å². The van der Waals surface area contributed by atoms with E-state index in [4.69, 9.17) is 14.2 Å². The summed E-state index contributed by atoms with van der Waals surface area (Å²) in [7, 11) is 1.53. The highest BCUT2D eigenvalue weighted by Crippen LogP contribution is 2.29. The van der Waals surface area contributed by atoms with Crippen LogP contribution in [0.2, 0.25) is 0 Å². The van der Waals surface area contributed by atoms with Gasteiger partial charge in [0.15, 0.2) is 11.5 Å². The predicted octanol–water partition coefficient (Wildman–Crippen LogP) is 5.73. The molecule has 4 aromatic carbocycles. The first-order valence-corrected chi connectivity index (χ1v) is 11.1. The molecule has 1 N–H and O–H groups in total. The third kappa shape index (κ3) is 5.95. The fourth-order valence-electron chi connectivity index (χ4n) is 3.57. The van der Waals surface area contributed by atoms with Crippen LogP contribution in [0.3, 0.4) is 0 Å². The van der Waals surface area contributed by atoms with Crippen molar-refractivity contribution in [3.8, 4) is 17.2 Å². The quantitative estimate of drug-likeness (QED) is 0.250. The van der Waals surface area contributed by atoms with Gasteiger partial charge in [-0.05, 0) is 71.3 Å². The lowest BCUT2D eigenvalue weighted by Crippen LogP contribution is -2.18. The molecule has 0 aliphatic rings. The Labute approximate surface area is 202 Å². The summed E-state index contributed by atoms with van der Waals surface area (Å²) in [5.74, 6) is 0.818. The molecule has 6 nitrogen and oxygen atoms in total. The molecule has 0 bridgehead atoms. The molecule has 7 heteroatoms. The van der Waals surface area contributed by atoms with Crippen LogP contribution in [0.5, 0.6) is 17.2 Å². The van der Waals surface area contributed by atoms with Crippen LogP contribution in [0.15, 0.2) is 84.0 Å². The van der Waals surface area contributed by atoms with Crippen LogP contribution in [0, 0.1) is 5.82 Å². The van der Waals surface area contributed by atoms with Gasteiger partial charge in [0.2, 0.25) is 0 Å². The summed E-state index contributed by atoms with van der Waals surface area (Å²) in [6.45, 7) is 2.51. The number of hydrogen-bond donors (Lipinski definition) is 1. The lowest BCUT2D eigenvalue weighted by Gasteiger charge is -2.13. The molecule has 0 aliphatic heterocycles. The lowest BCUT2D eigenvalue weighted by atomic mass is 10.1. The normalized spacial score (nSPS) is 10.9. The maximum Gasteiger partial charge on any atom is 0.275 e. The van der Waals surface area contributed by atoms with Crippen molar-refractivity contribution in [2.75, 3.05) is 13.7 Å². The number of nitrogens with one attached hydrogen (secondary N) is 1. The molecule has 0 aliphatic carbocycles. The summed E-state index contributed by atoms with van der Waals surface area (Å²) in [5, 5.41) is 6.00. The molecule has 0 atom stereocenters. The molecule has 0 spiro atoms. The van der Waals surface area contributed by atoms with E-state index in [1.165, 1.54) is 25.5 Å². The smallest absolute Gasteiger partial charge is 0.275 e. The zero-order chi connectivity index (χ0) is 24.6. The summed E-state index contributed by atoms with van der Waals surface area (Å²) < 4.78 is 30.3. The highest BCUT2D eigenvalue weighted by molar-refractivity contribution is 6.02. The van der Waals surface area contributed by atoms with Crippen molar-refractivity contribution in [2.24, 2.45) is 5.10 Å². The van der Waals surface area contributed by atoms with Crippen molar-refractivity contribution in [1.82, 2.24) is 5.43 Å². The summed E-state index contributed by atoms with van der Waals surface area (Å²) in [4.78, 5) is 12.7. The zero-order valence-corrected chi connectivity index (χ0v) is 19.5. The van der Waals surface area contributed by atoms with Gasteiger partial charge in [0.25, 0.3) is 5.91 Å². The van der Waals surface area contributed by atoms with Gasteiger partial charge in [-0.2, -0.15) is 5.10 Å². The number of rotatable bonds is 9. The first-order chi connectivity index (χ1) is 17.1. The molecule has 0 unspecified atom stereocenters. The van der Waals surface area contributed by atoms with Crippen molar-refractivity contribution in [1.29, 1.82) is 0 Å². The van der Waals surface area contributed by atoms with Gasteiger partial charge in [-0.25, -0.2) is 9.82 Å². The Morgan fingerprint density at radius 2 is 1.71 bits per heavy atom. The molecule has 0 saturated heterocycles. The number of carbonyl (C=O) groups excluding carboxylic acids is 1. The fourth-order valence-corrected chi connectivity index (χ4v) is 3.57. The molecule has 4 rings (SSSR count). The van der Waals surface area contributed by atoms with Gasteiger partial charge in [0.1, 0.15) is 18.2 Å². The zero-order valence-electron chi connectivity index (χ0n) is 19.5. The molecular weight excluding hydrogens is 447 g/mol. The first-order valence-electron chi connectivity index (χ1n) is 11.1. The Kier molecular flexibility index (Phi) is 7.57. The Morgan fingerprint density at radius 1 is 0.914 bits per heavy atom. The third-order valence-corrected chi connectivity index (χ3v) is 5.24. The van der Waals surface area contributed by atoms with Crippen molar-refractivity contribution >= 4 is 22.9 Å². The minimum Gasteiger partial charge on any atom is -0.496 e. The van der Waals surface area contributed by atoms with E-state index < -0.39 is 0 Å². The second-order valence-electron chi connectivity index (χ2n) is 7.66. The van der Waals surface area contributed by atoms with E-state index in [-0.39, 0.29) is 18.3 Å². The second-order valence-corrected chi connectivity index (χ2v) is 7.66. The number of fused-ring (bicyclic) bond motifs is 1. The van der Waals surface area contributed by atoms with Gasteiger partial charge in [-0.3, -0.25) is 4.79 Å². The average molecular weight is 473 g/mol. The number of carbonyl (C=O) groups is 1. The van der Waals surface area contributed by atoms with Crippen molar-refractivity contribution in [3.05, 3.63) is 101 Å². The van der Waals surface area contributed by atoms with Crippen LogP contribution >= 0.6 is 0 Å². The van der Waals surface area contributed by atoms with Crippen LogP contribution in [-0.2, 0) is 6.61 Å². The highest BCUT2D eigenvalue weighted by atomic mass is 19.1. The van der Waals surface area contributed by atoms with Gasteiger partial charge in [0, 0.05) is 0 Å². The minimum absolute atomic E-state index is 0.203. The van der Waals surface area contributed by atoms with E-state index >= 15 is 0 Å². The van der Waals surface area contributed by atoms with E-state index in [0.29, 0.717) is 40.5 Å². The maximum atomic E-state index is 13.4. The number of hydrazone groups is 1. The Bertz CT molecular complexity index is 1370. The third-order valence-electron chi connectivity index (χ3n) is 5.24. The Morgan fingerprint density at radius 3 is 2.46 bits per heavy atom. The van der Waals surface area contributed by atoms with Gasteiger partial charge >= 0.3 is 0 Å². The SMILES string of the molecule is CCOc1cc(/C=N\NC(=O)c2cc3ccccc3cc2OC)ccc1OCc1cccc(F)c1. The van der Waals surface area contributed by atoms with Crippen LogP contribution < -0.4 is 19.6 Å². The molecule has 0 saturated carbocycles. The number of methoxy groups -OCH3 is 1. The number of benzene rings is 4. The van der Waals surface area contributed by atoms with Crippen molar-refractivity contribution in [3.63, 3.8) is 0 Å². The molecule has 0 heterocycles. The molecule has 4 aromatic rings. The monoisotopic (exact) mass is 472 g/mol. The van der Waals surface area contributed by atoms with Crippen molar-refractivity contribution < 1.29 is 23.4 Å². The molecular formula is C28H25FN2O4. The molecule has 0 aromatic heterocycles. The minimum atomic E-state index is -0.385. The predicted molar refractivity (Wildman–Crippen MR) is 134 cm³/mol. The number of halogens is 1. The van der Waals surface area contributed by atoms with Crippen LogP contribution in [0.4, 0.5) is 4.39 Å². The molecule has 1 amide bonds. The van der Waals surface area contributed by atoms with E-state index in [9.17, 15) is 9.18 Å². The molecule has 35 heavy (non-hydrogen) atoms. The average Bonchev–Trinajstić information content (AvgIpc) is 2.87.